The molecule has 0 spiro atoms. The summed E-state index contributed by atoms with van der Waals surface area (Å²) in [6, 6.07) is 0. The lowest BCUT2D eigenvalue weighted by atomic mass is 10.2. The van der Waals surface area contributed by atoms with E-state index in [0.29, 0.717) is 5.92 Å². The van der Waals surface area contributed by atoms with E-state index < -0.39 is 0 Å². The van der Waals surface area contributed by atoms with E-state index in [1.165, 1.54) is 0 Å². The lowest BCUT2D eigenvalue weighted by Gasteiger charge is -1.87. The van der Waals surface area contributed by atoms with Gasteiger partial charge in [0.15, 0.2) is 0 Å². The number of hydrogen-bond donors (Lipinski definition) is 0. The van der Waals surface area contributed by atoms with Gasteiger partial charge in [-0.25, -0.2) is 0 Å². The van der Waals surface area contributed by atoms with Crippen molar-refractivity contribution >= 4 is 12.4 Å². The number of nitrogens with zero attached hydrogens (tertiary/aromatic N) is 2. The monoisotopic (exact) mass is 138 g/mol. The molecule has 0 bridgehead atoms. The third kappa shape index (κ3) is 4.01. The van der Waals surface area contributed by atoms with Gasteiger partial charge in [-0.1, -0.05) is 20.8 Å². The highest BCUT2D eigenvalue weighted by molar-refractivity contribution is 5.83. The van der Waals surface area contributed by atoms with Gasteiger partial charge in [-0.15, -0.1) is 0 Å². The molecule has 0 atom stereocenters. The Morgan fingerprint density at radius 3 is 1.80 bits per heavy atom. The van der Waals surface area contributed by atoms with E-state index in [9.17, 15) is 0 Å². The molecule has 0 saturated heterocycles. The number of hydrogen-bond acceptors (Lipinski definition) is 2. The zero-order chi connectivity index (χ0) is 7.82. The molecule has 1 aliphatic rings. The van der Waals surface area contributed by atoms with Gasteiger partial charge in [0.25, 0.3) is 0 Å². The highest BCUT2D eigenvalue weighted by Gasteiger charge is 1.89. The minimum absolute atomic E-state index is 0.380. The minimum atomic E-state index is 0.380. The summed E-state index contributed by atoms with van der Waals surface area (Å²) in [5, 5.41) is 0. The van der Waals surface area contributed by atoms with Crippen molar-refractivity contribution in [2.24, 2.45) is 15.9 Å². The maximum Gasteiger partial charge on any atom is 0.0447 e. The van der Waals surface area contributed by atoms with Crippen LogP contribution in [0.1, 0.15) is 20.8 Å². The molecule has 0 fully saturated rings. The van der Waals surface area contributed by atoms with Gasteiger partial charge in [0.2, 0.25) is 0 Å². The van der Waals surface area contributed by atoms with Crippen LogP contribution in [0.5, 0.6) is 0 Å². The van der Waals surface area contributed by atoms with Gasteiger partial charge in [0.1, 0.15) is 0 Å². The van der Waals surface area contributed by atoms with E-state index in [0.717, 1.165) is 0 Å². The first-order valence-corrected chi connectivity index (χ1v) is 3.61. The second-order valence-corrected chi connectivity index (χ2v) is 1.75. The van der Waals surface area contributed by atoms with Gasteiger partial charge >= 0.3 is 0 Å². The zero-order valence-electron chi connectivity index (χ0n) is 6.78. The second-order valence-electron chi connectivity index (χ2n) is 1.75. The summed E-state index contributed by atoms with van der Waals surface area (Å²) in [7, 11) is 0. The van der Waals surface area contributed by atoms with E-state index >= 15 is 0 Å². The van der Waals surface area contributed by atoms with Gasteiger partial charge < -0.3 is 0 Å². The second kappa shape index (κ2) is 6.20. The van der Waals surface area contributed by atoms with Crippen molar-refractivity contribution in [2.45, 2.75) is 20.8 Å². The van der Waals surface area contributed by atoms with Crippen molar-refractivity contribution in [1.82, 2.24) is 0 Å². The van der Waals surface area contributed by atoms with Crippen molar-refractivity contribution in [1.29, 1.82) is 0 Å². The molecule has 10 heavy (non-hydrogen) atoms. The molecule has 0 aliphatic carbocycles. The molecule has 2 nitrogen and oxygen atoms in total. The van der Waals surface area contributed by atoms with Crippen LogP contribution in [0.3, 0.4) is 0 Å². The minimum Gasteiger partial charge on any atom is -0.267 e. The Labute approximate surface area is 62.4 Å². The summed E-state index contributed by atoms with van der Waals surface area (Å²) in [5.41, 5.74) is 0. The van der Waals surface area contributed by atoms with E-state index in [4.69, 9.17) is 0 Å². The predicted octanol–water partition coefficient (Wildman–Crippen LogP) is 2.28. The Kier molecular flexibility index (Phi) is 5.63. The van der Waals surface area contributed by atoms with Crippen LogP contribution < -0.4 is 0 Å². The third-order valence-corrected chi connectivity index (χ3v) is 0.881. The Bertz CT molecular complexity index is 129. The molecule has 0 unspecified atom stereocenters. The number of aliphatic imine (C=N–C) groups is 2. The quantitative estimate of drug-likeness (QED) is 0.490. The van der Waals surface area contributed by atoms with Gasteiger partial charge in [0.05, 0.1) is 0 Å². The molecule has 0 aromatic rings. The third-order valence-electron chi connectivity index (χ3n) is 0.881. The molecule has 2 heteroatoms. The van der Waals surface area contributed by atoms with E-state index in [1.807, 2.05) is 33.2 Å². The first-order valence-electron chi connectivity index (χ1n) is 3.61. The molecule has 0 radical (unpaired) electrons. The first-order chi connectivity index (χ1) is 4.89. The fourth-order valence-corrected chi connectivity index (χ4v) is 0.486. The smallest absolute Gasteiger partial charge is 0.0447 e. The molecule has 1 aliphatic heterocycles. The molecular weight excluding hydrogens is 124 g/mol. The fourth-order valence-electron chi connectivity index (χ4n) is 0.486. The van der Waals surface area contributed by atoms with Crippen molar-refractivity contribution in [2.75, 3.05) is 0 Å². The van der Waals surface area contributed by atoms with Crippen LogP contribution in [-0.2, 0) is 0 Å². The van der Waals surface area contributed by atoms with Crippen molar-refractivity contribution in [3.05, 3.63) is 12.4 Å². The molecule has 1 heterocycles. The molecular formula is C8H14N2. The number of rotatable bonds is 0. The average Bonchev–Trinajstić information content (AvgIpc) is 2.21. The molecule has 0 aromatic heterocycles. The van der Waals surface area contributed by atoms with Crippen LogP contribution in [0.25, 0.3) is 0 Å². The van der Waals surface area contributed by atoms with Gasteiger partial charge in [-0.3, -0.25) is 9.98 Å². The summed E-state index contributed by atoms with van der Waals surface area (Å²) in [5.74, 6) is 0.380. The van der Waals surface area contributed by atoms with Crippen molar-refractivity contribution in [3.63, 3.8) is 0 Å². The summed E-state index contributed by atoms with van der Waals surface area (Å²) in [6.07, 6.45) is 7.07. The van der Waals surface area contributed by atoms with Gasteiger partial charge in [-0.05, 0) is 0 Å². The first kappa shape index (κ1) is 9.08. The Hall–Kier alpha value is -0.920. The lowest BCUT2D eigenvalue weighted by molar-refractivity contribution is 1.12. The summed E-state index contributed by atoms with van der Waals surface area (Å²) >= 11 is 0. The van der Waals surface area contributed by atoms with Crippen molar-refractivity contribution < 1.29 is 0 Å². The normalized spacial score (nSPS) is 15.9. The van der Waals surface area contributed by atoms with Crippen LogP contribution in [0.4, 0.5) is 0 Å². The lowest BCUT2D eigenvalue weighted by Crippen LogP contribution is -1.94. The Morgan fingerprint density at radius 1 is 1.00 bits per heavy atom. The standard InChI is InChI=1S/C6H8N2.C2H6/c1-6-4-7-2-3-8-5-6;1-2/h2-6H,1H3;1-2H3. The van der Waals surface area contributed by atoms with Gasteiger partial charge in [0, 0.05) is 30.7 Å². The van der Waals surface area contributed by atoms with E-state index in [2.05, 4.69) is 9.98 Å². The zero-order valence-corrected chi connectivity index (χ0v) is 6.78. The van der Waals surface area contributed by atoms with E-state index in [-0.39, 0.29) is 0 Å². The highest BCUT2D eigenvalue weighted by atomic mass is 14.8. The summed E-state index contributed by atoms with van der Waals surface area (Å²) in [4.78, 5) is 7.84. The average molecular weight is 138 g/mol. The topological polar surface area (TPSA) is 24.7 Å². The molecule has 0 saturated carbocycles. The predicted molar refractivity (Wildman–Crippen MR) is 46.6 cm³/mol. The Morgan fingerprint density at radius 2 is 1.40 bits per heavy atom. The van der Waals surface area contributed by atoms with Crippen LogP contribution >= 0.6 is 0 Å². The van der Waals surface area contributed by atoms with Crippen LogP contribution in [0.2, 0.25) is 0 Å². The van der Waals surface area contributed by atoms with Crippen LogP contribution in [-0.4, -0.2) is 12.4 Å². The maximum absolute atomic E-state index is 3.92. The molecule has 0 amide bonds. The maximum atomic E-state index is 3.92. The Balaban J connectivity index is 0.000000371. The largest absolute Gasteiger partial charge is 0.267 e. The van der Waals surface area contributed by atoms with E-state index in [1.54, 1.807) is 12.4 Å². The SMILES string of the molecule is CC.CC1C=NC=CN=C1. The molecule has 0 aromatic carbocycles. The van der Waals surface area contributed by atoms with Crippen LogP contribution in [0.15, 0.2) is 22.4 Å². The molecule has 0 N–H and O–H groups in total. The van der Waals surface area contributed by atoms with Crippen molar-refractivity contribution in [3.8, 4) is 0 Å². The van der Waals surface area contributed by atoms with Gasteiger partial charge in [-0.2, -0.15) is 0 Å². The molecule has 56 valence electrons. The summed E-state index contributed by atoms with van der Waals surface area (Å²) in [6.45, 7) is 6.04. The fraction of sp³-hybridized carbons (Fsp3) is 0.500. The molecule has 1 rings (SSSR count). The van der Waals surface area contributed by atoms with Crippen LogP contribution in [0, 0.1) is 5.92 Å². The summed E-state index contributed by atoms with van der Waals surface area (Å²) < 4.78 is 0. The highest BCUT2D eigenvalue weighted by Crippen LogP contribution is 1.90.